The van der Waals surface area contributed by atoms with Crippen molar-refractivity contribution in [3.8, 4) is 0 Å². The van der Waals surface area contributed by atoms with Crippen LogP contribution in [0, 0.1) is 5.92 Å². The molecule has 1 amide bonds. The van der Waals surface area contributed by atoms with Crippen LogP contribution in [0.1, 0.15) is 12.8 Å². The number of hydrogen-bond acceptors (Lipinski definition) is 5. The Morgan fingerprint density at radius 2 is 1.94 bits per heavy atom. The van der Waals surface area contributed by atoms with Crippen molar-refractivity contribution < 1.29 is 13.2 Å². The molecule has 33 heavy (non-hydrogen) atoms. The molecule has 0 N–H and O–H groups in total. The topological polar surface area (TPSA) is 71.7 Å². The molecule has 0 aliphatic carbocycles. The lowest BCUT2D eigenvalue weighted by Gasteiger charge is -2.29. The van der Waals surface area contributed by atoms with Gasteiger partial charge in [-0.1, -0.05) is 29.0 Å². The second-order valence-corrected chi connectivity index (χ2v) is 12.0. The molecule has 6 nitrogen and oxygen atoms in total. The number of thiazole rings is 1. The second kappa shape index (κ2) is 10.1. The summed E-state index contributed by atoms with van der Waals surface area (Å²) in [5.74, 6) is -0.501. The number of piperidine rings is 1. The molecule has 1 aromatic heterocycles. The van der Waals surface area contributed by atoms with Crippen LogP contribution in [0.5, 0.6) is 0 Å². The number of amides is 1. The minimum absolute atomic E-state index is 0.201. The molecule has 0 unspecified atom stereocenters. The van der Waals surface area contributed by atoms with Crippen molar-refractivity contribution >= 4 is 60.8 Å². The van der Waals surface area contributed by atoms with Gasteiger partial charge in [0.2, 0.25) is 10.0 Å². The van der Waals surface area contributed by atoms with Crippen molar-refractivity contribution in [2.75, 3.05) is 19.3 Å². The van der Waals surface area contributed by atoms with E-state index in [4.69, 9.17) is 11.6 Å². The highest BCUT2D eigenvalue weighted by atomic mass is 35.5. The maximum Gasteiger partial charge on any atom is 0.251 e. The quantitative estimate of drug-likeness (QED) is 0.345. The van der Waals surface area contributed by atoms with E-state index >= 15 is 0 Å². The average Bonchev–Trinajstić information content (AvgIpc) is 3.15. The van der Waals surface area contributed by atoms with Crippen molar-refractivity contribution in [3.63, 3.8) is 0 Å². The van der Waals surface area contributed by atoms with Crippen LogP contribution in [-0.2, 0) is 21.4 Å². The first-order chi connectivity index (χ1) is 15.8. The maximum absolute atomic E-state index is 13.0. The summed E-state index contributed by atoms with van der Waals surface area (Å²) in [5, 5.41) is 0.486. The van der Waals surface area contributed by atoms with Gasteiger partial charge in [-0.3, -0.25) is 4.79 Å². The van der Waals surface area contributed by atoms with Gasteiger partial charge in [-0.2, -0.15) is 9.30 Å². The first kappa shape index (κ1) is 24.2. The number of hydrogen-bond donors (Lipinski definition) is 0. The fraction of sp³-hybridized carbons (Fsp3) is 0.304. The van der Waals surface area contributed by atoms with Crippen LogP contribution in [0.3, 0.4) is 0 Å². The third kappa shape index (κ3) is 5.12. The van der Waals surface area contributed by atoms with E-state index < -0.39 is 10.0 Å². The smallest absolute Gasteiger partial charge is 0.251 e. The lowest BCUT2D eigenvalue weighted by atomic mass is 9.98. The number of rotatable bonds is 6. The van der Waals surface area contributed by atoms with Crippen LogP contribution >= 0.6 is 34.7 Å². The number of nitrogens with zero attached hydrogens (tertiary/aromatic N) is 3. The van der Waals surface area contributed by atoms with Gasteiger partial charge in [0.1, 0.15) is 0 Å². The highest BCUT2D eigenvalue weighted by Gasteiger charge is 2.32. The normalized spacial score (nSPS) is 16.4. The van der Waals surface area contributed by atoms with Crippen molar-refractivity contribution in [2.24, 2.45) is 10.9 Å². The van der Waals surface area contributed by atoms with Gasteiger partial charge in [-0.05, 0) is 61.6 Å². The lowest BCUT2D eigenvalue weighted by molar-refractivity contribution is -0.122. The Kier molecular flexibility index (Phi) is 7.45. The zero-order chi connectivity index (χ0) is 23.6. The van der Waals surface area contributed by atoms with Gasteiger partial charge in [-0.15, -0.1) is 18.3 Å². The molecule has 10 heteroatoms. The van der Waals surface area contributed by atoms with Gasteiger partial charge >= 0.3 is 0 Å². The zero-order valence-corrected chi connectivity index (χ0v) is 21.3. The van der Waals surface area contributed by atoms with Gasteiger partial charge < -0.3 is 4.57 Å². The Morgan fingerprint density at radius 3 is 2.58 bits per heavy atom. The fourth-order valence-electron chi connectivity index (χ4n) is 3.86. The minimum Gasteiger partial charge on any atom is -0.313 e. The van der Waals surface area contributed by atoms with E-state index in [0.717, 1.165) is 15.1 Å². The van der Waals surface area contributed by atoms with E-state index in [-0.39, 0.29) is 29.8 Å². The van der Waals surface area contributed by atoms with E-state index in [1.165, 1.54) is 27.8 Å². The SMILES string of the molecule is C=CCn1c(=NC(=O)C2CCN(S(=O)(=O)c3ccc(Cl)cc3)CC2)sc2cc(SC)ccc21. The van der Waals surface area contributed by atoms with Gasteiger partial charge in [0.25, 0.3) is 5.91 Å². The number of sulfonamides is 1. The predicted octanol–water partition coefficient (Wildman–Crippen LogP) is 4.79. The summed E-state index contributed by atoms with van der Waals surface area (Å²) < 4.78 is 30.3. The summed E-state index contributed by atoms with van der Waals surface area (Å²) in [7, 11) is -3.61. The monoisotopic (exact) mass is 521 g/mol. The number of carbonyl (C=O) groups excluding carboxylic acids is 1. The lowest BCUT2D eigenvalue weighted by Crippen LogP contribution is -2.40. The van der Waals surface area contributed by atoms with Crippen LogP contribution in [-0.4, -0.2) is 42.5 Å². The van der Waals surface area contributed by atoms with Gasteiger partial charge in [0.05, 0.1) is 15.1 Å². The Hall–Kier alpha value is -1.91. The molecule has 2 aromatic carbocycles. The summed E-state index contributed by atoms with van der Waals surface area (Å²) in [4.78, 5) is 19.5. The molecule has 0 bridgehead atoms. The zero-order valence-electron chi connectivity index (χ0n) is 18.1. The van der Waals surface area contributed by atoms with Crippen molar-refractivity contribution in [3.05, 3.63) is 64.9 Å². The third-order valence-corrected chi connectivity index (χ3v) is 9.59. The largest absolute Gasteiger partial charge is 0.313 e. The summed E-state index contributed by atoms with van der Waals surface area (Å²) in [6.07, 6.45) is 4.70. The van der Waals surface area contributed by atoms with Gasteiger partial charge in [-0.25, -0.2) is 8.42 Å². The molecule has 4 rings (SSSR count). The molecule has 1 fully saturated rings. The molecule has 0 atom stereocenters. The van der Waals surface area contributed by atoms with Gasteiger partial charge in [0, 0.05) is 35.5 Å². The van der Waals surface area contributed by atoms with Crippen molar-refractivity contribution in [2.45, 2.75) is 29.2 Å². The maximum atomic E-state index is 13.0. The van der Waals surface area contributed by atoms with E-state index in [1.807, 2.05) is 16.9 Å². The summed E-state index contributed by atoms with van der Waals surface area (Å²) in [5.41, 5.74) is 1.02. The van der Waals surface area contributed by atoms with Crippen molar-refractivity contribution in [1.82, 2.24) is 8.87 Å². The van der Waals surface area contributed by atoms with Crippen molar-refractivity contribution in [1.29, 1.82) is 0 Å². The number of fused-ring (bicyclic) bond motifs is 1. The molecule has 174 valence electrons. The molecule has 0 spiro atoms. The van der Waals surface area contributed by atoms with Crippen LogP contribution < -0.4 is 4.80 Å². The molecule has 0 saturated carbocycles. The third-order valence-electron chi connectivity index (χ3n) is 5.66. The number of thioether (sulfide) groups is 1. The molecule has 0 radical (unpaired) electrons. The Labute approximate surface area is 206 Å². The van der Waals surface area contributed by atoms with Crippen LogP contribution in [0.2, 0.25) is 5.02 Å². The molecule has 2 heterocycles. The summed E-state index contributed by atoms with van der Waals surface area (Å²) >= 11 is 9.03. The van der Waals surface area contributed by atoms with Gasteiger partial charge in [0.15, 0.2) is 4.80 Å². The average molecular weight is 522 g/mol. The van der Waals surface area contributed by atoms with Crippen LogP contribution in [0.4, 0.5) is 0 Å². The summed E-state index contributed by atoms with van der Waals surface area (Å²) in [6.45, 7) is 4.96. The first-order valence-corrected chi connectivity index (χ1v) is 14.3. The highest BCUT2D eigenvalue weighted by Crippen LogP contribution is 2.27. The molecule has 1 aliphatic heterocycles. The number of halogens is 1. The standard InChI is InChI=1S/C23H24ClN3O3S3/c1-3-12-27-20-9-6-18(31-2)15-21(20)32-23(27)25-22(28)16-10-13-26(14-11-16)33(29,30)19-7-4-17(24)5-8-19/h3-9,15-16H,1,10-14H2,2H3. The van der Waals surface area contributed by atoms with E-state index in [2.05, 4.69) is 23.7 Å². The molecular weight excluding hydrogens is 498 g/mol. The van der Waals surface area contributed by atoms with Crippen LogP contribution in [0.25, 0.3) is 10.2 Å². The molecule has 1 aliphatic rings. The number of benzene rings is 2. The Morgan fingerprint density at radius 1 is 1.24 bits per heavy atom. The molecular formula is C23H24ClN3O3S3. The van der Waals surface area contributed by atoms with E-state index in [1.54, 1.807) is 30.0 Å². The Balaban J connectivity index is 1.53. The Bertz CT molecular complexity index is 1350. The second-order valence-electron chi connectivity index (χ2n) is 7.70. The minimum atomic E-state index is -3.61. The molecule has 1 saturated heterocycles. The predicted molar refractivity (Wildman–Crippen MR) is 135 cm³/mol. The number of aromatic nitrogens is 1. The molecule has 3 aromatic rings. The summed E-state index contributed by atoms with van der Waals surface area (Å²) in [6, 6.07) is 12.4. The van der Waals surface area contributed by atoms with Crippen LogP contribution in [0.15, 0.2) is 69.9 Å². The van der Waals surface area contributed by atoms with E-state index in [0.29, 0.717) is 29.2 Å². The first-order valence-electron chi connectivity index (χ1n) is 10.5. The highest BCUT2D eigenvalue weighted by molar-refractivity contribution is 7.98. The van der Waals surface area contributed by atoms with E-state index in [9.17, 15) is 13.2 Å². The number of carbonyl (C=O) groups is 1. The fourth-order valence-corrected chi connectivity index (χ4v) is 7.05. The number of allylic oxidation sites excluding steroid dienone is 1.